The Labute approximate surface area is 345 Å². The molecule has 4 heteroatoms. The molecule has 0 N–H and O–H groups in total. The maximum Gasteiger partial charge on any atom is 0.0716 e. The van der Waals surface area contributed by atoms with E-state index in [0.29, 0.717) is 0 Å². The molecule has 0 aliphatic heterocycles. The highest BCUT2D eigenvalue weighted by Crippen LogP contribution is 2.49. The Balaban J connectivity index is 1.18. The van der Waals surface area contributed by atoms with E-state index in [4.69, 9.17) is 0 Å². The lowest BCUT2D eigenvalue weighted by molar-refractivity contribution is 0.883. The van der Waals surface area contributed by atoms with Gasteiger partial charge in [-0.15, -0.1) is 22.7 Å². The minimum Gasteiger partial charge on any atom is -0.307 e. The second kappa shape index (κ2) is 12.8. The molecule has 278 valence electrons. The summed E-state index contributed by atoms with van der Waals surface area (Å²) in [6.07, 6.45) is 27.8. The van der Waals surface area contributed by atoms with Crippen molar-refractivity contribution in [2.75, 3.05) is 0 Å². The first-order chi connectivity index (χ1) is 28.8. The van der Waals surface area contributed by atoms with Gasteiger partial charge in [-0.3, -0.25) is 0 Å². The molecule has 0 amide bonds. The van der Waals surface area contributed by atoms with Crippen molar-refractivity contribution in [3.05, 3.63) is 178 Å². The zero-order chi connectivity index (χ0) is 37.9. The molecular formula is C54H40N2S2. The molecule has 0 fully saturated rings. The van der Waals surface area contributed by atoms with Crippen LogP contribution in [-0.4, -0.2) is 8.80 Å². The van der Waals surface area contributed by atoms with Crippen molar-refractivity contribution in [3.8, 4) is 22.3 Å². The molecule has 0 saturated heterocycles. The normalized spacial score (nSPS) is 16.7. The standard InChI is InChI=1S/C54H40N2S2/c1-5-13-33(14-6-1)37-21-23-41-43-27-25-39(35-17-9-3-10-18-35)53-51(43)55(45(41)29-37)47-31-50-48(32-49(47)57-53)56-46-30-38(34-15-7-2-8-16-34)22-24-42(46)44-28-26-40(54(58-50)52(44)56)36-19-11-4-12-20-36/h1-5,7,9-13,15,17-20,25-32H,6,8,14,16,21-24H2. The Morgan fingerprint density at radius 1 is 0.448 bits per heavy atom. The fraction of sp³-hybridized carbons (Fsp3) is 0.148. The summed E-state index contributed by atoms with van der Waals surface area (Å²) >= 11 is 3.96. The van der Waals surface area contributed by atoms with Crippen molar-refractivity contribution in [1.29, 1.82) is 0 Å². The maximum atomic E-state index is 2.66. The largest absolute Gasteiger partial charge is 0.307 e. The number of hydrogen-bond donors (Lipinski definition) is 0. The molecule has 0 spiro atoms. The van der Waals surface area contributed by atoms with Crippen LogP contribution >= 0.6 is 22.7 Å². The molecule has 4 aliphatic carbocycles. The first kappa shape index (κ1) is 33.1. The van der Waals surface area contributed by atoms with E-state index in [1.54, 1.807) is 0 Å². The summed E-state index contributed by atoms with van der Waals surface area (Å²) < 4.78 is 10.7. The minimum atomic E-state index is 1.07. The Bertz CT molecular complexity index is 3190. The highest BCUT2D eigenvalue weighted by Gasteiger charge is 2.28. The van der Waals surface area contributed by atoms with Crippen molar-refractivity contribution in [2.45, 2.75) is 51.4 Å². The summed E-state index contributed by atoms with van der Waals surface area (Å²) in [5, 5.41) is 2.81. The molecule has 0 atom stereocenters. The predicted octanol–water partition coefficient (Wildman–Crippen LogP) is 15.5. The van der Waals surface area contributed by atoms with Crippen LogP contribution in [0.1, 0.15) is 61.0 Å². The van der Waals surface area contributed by atoms with Crippen molar-refractivity contribution >= 4 is 86.5 Å². The van der Waals surface area contributed by atoms with Crippen LogP contribution < -0.4 is 0 Å². The van der Waals surface area contributed by atoms with Crippen LogP contribution in [0.4, 0.5) is 0 Å². The lowest BCUT2D eigenvalue weighted by Gasteiger charge is -2.19. The summed E-state index contributed by atoms with van der Waals surface area (Å²) in [4.78, 5) is 0. The van der Waals surface area contributed by atoms with Crippen LogP contribution in [0.3, 0.4) is 0 Å². The summed E-state index contributed by atoms with van der Waals surface area (Å²) in [7, 11) is 0. The molecule has 5 aromatic carbocycles. The lowest BCUT2D eigenvalue weighted by Crippen LogP contribution is -2.04. The summed E-state index contributed by atoms with van der Waals surface area (Å²) in [5.41, 5.74) is 22.3. The van der Waals surface area contributed by atoms with E-state index in [1.807, 2.05) is 22.7 Å². The number of aromatic nitrogens is 2. The number of rotatable bonds is 4. The third-order valence-electron chi connectivity index (χ3n) is 13.3. The molecule has 9 aromatic rings. The zero-order valence-corrected chi connectivity index (χ0v) is 33.9. The van der Waals surface area contributed by atoms with Gasteiger partial charge in [0.15, 0.2) is 0 Å². The molecule has 4 heterocycles. The number of benzene rings is 5. The highest BCUT2D eigenvalue weighted by atomic mass is 32.1. The molecule has 58 heavy (non-hydrogen) atoms. The zero-order valence-electron chi connectivity index (χ0n) is 32.2. The molecule has 4 aromatic heterocycles. The van der Waals surface area contributed by atoms with Crippen LogP contribution in [-0.2, 0) is 12.8 Å². The van der Waals surface area contributed by atoms with E-state index in [2.05, 4.69) is 154 Å². The third kappa shape index (κ3) is 4.82. The van der Waals surface area contributed by atoms with Crippen LogP contribution in [0.25, 0.3) is 86.0 Å². The fourth-order valence-corrected chi connectivity index (χ4v) is 13.1. The third-order valence-corrected chi connectivity index (χ3v) is 15.7. The van der Waals surface area contributed by atoms with Crippen LogP contribution in [0.15, 0.2) is 156 Å². The van der Waals surface area contributed by atoms with Crippen molar-refractivity contribution < 1.29 is 0 Å². The SMILES string of the molecule is C1=CCCC(C2=Cc3c(c4ccc(-c5ccccc5)c5sc6cc7c(cc6n3c45)sc3c(-c4ccccc4)ccc4c5c(n7c43)C=C(C3=CC=CCC3)CC5)CC2)=C1. The molecule has 4 aliphatic rings. The molecular weight excluding hydrogens is 741 g/mol. The topological polar surface area (TPSA) is 8.82 Å². The van der Waals surface area contributed by atoms with Gasteiger partial charge in [-0.25, -0.2) is 0 Å². The van der Waals surface area contributed by atoms with Crippen LogP contribution in [0.2, 0.25) is 0 Å². The van der Waals surface area contributed by atoms with Gasteiger partial charge >= 0.3 is 0 Å². The van der Waals surface area contributed by atoms with Gasteiger partial charge in [0.25, 0.3) is 0 Å². The average Bonchev–Trinajstić information content (AvgIpc) is 3.81. The van der Waals surface area contributed by atoms with E-state index in [9.17, 15) is 0 Å². The van der Waals surface area contributed by atoms with Gasteiger partial charge in [0, 0.05) is 21.9 Å². The van der Waals surface area contributed by atoms with Crippen LogP contribution in [0.5, 0.6) is 0 Å². The van der Waals surface area contributed by atoms with E-state index in [0.717, 1.165) is 51.4 Å². The molecule has 0 saturated carbocycles. The van der Waals surface area contributed by atoms with Crippen molar-refractivity contribution in [3.63, 3.8) is 0 Å². The molecule has 0 radical (unpaired) electrons. The number of aryl methyl sites for hydroxylation is 2. The Kier molecular flexibility index (Phi) is 7.29. The van der Waals surface area contributed by atoms with Gasteiger partial charge < -0.3 is 8.80 Å². The van der Waals surface area contributed by atoms with Crippen molar-refractivity contribution in [2.24, 2.45) is 0 Å². The number of fused-ring (bicyclic) bond motifs is 10. The van der Waals surface area contributed by atoms with Gasteiger partial charge in [-0.1, -0.05) is 121 Å². The first-order valence-corrected chi connectivity index (χ1v) is 22.6. The summed E-state index contributed by atoms with van der Waals surface area (Å²) in [5.74, 6) is 0. The Morgan fingerprint density at radius 2 is 0.914 bits per heavy atom. The second-order valence-electron chi connectivity index (χ2n) is 16.5. The van der Waals surface area contributed by atoms with Crippen molar-refractivity contribution in [1.82, 2.24) is 8.80 Å². The predicted molar refractivity (Wildman–Crippen MR) is 251 cm³/mol. The smallest absolute Gasteiger partial charge is 0.0716 e. The second-order valence-corrected chi connectivity index (χ2v) is 18.6. The van der Waals surface area contributed by atoms with E-state index in [-0.39, 0.29) is 0 Å². The summed E-state index contributed by atoms with van der Waals surface area (Å²) in [6.45, 7) is 0. The lowest BCUT2D eigenvalue weighted by atomic mass is 9.87. The number of allylic oxidation sites excluding steroid dienone is 10. The maximum absolute atomic E-state index is 2.66. The minimum absolute atomic E-state index is 1.07. The monoisotopic (exact) mass is 780 g/mol. The molecule has 2 nitrogen and oxygen atoms in total. The first-order valence-electron chi connectivity index (χ1n) is 21.0. The molecule has 0 unspecified atom stereocenters. The van der Waals surface area contributed by atoms with Gasteiger partial charge in [0.05, 0.1) is 52.3 Å². The molecule has 0 bridgehead atoms. The van der Waals surface area contributed by atoms with E-state index in [1.165, 1.54) is 119 Å². The highest BCUT2D eigenvalue weighted by molar-refractivity contribution is 7.26. The van der Waals surface area contributed by atoms with Gasteiger partial charge in [0.1, 0.15) is 0 Å². The van der Waals surface area contributed by atoms with E-state index >= 15 is 0 Å². The van der Waals surface area contributed by atoms with Gasteiger partial charge in [0.2, 0.25) is 0 Å². The van der Waals surface area contributed by atoms with Gasteiger partial charge in [-0.05, 0) is 120 Å². The van der Waals surface area contributed by atoms with E-state index < -0.39 is 0 Å². The van der Waals surface area contributed by atoms with Crippen LogP contribution in [0, 0.1) is 0 Å². The number of hydrogen-bond acceptors (Lipinski definition) is 2. The molecule has 13 rings (SSSR count). The Morgan fingerprint density at radius 3 is 1.34 bits per heavy atom. The quantitative estimate of drug-likeness (QED) is 0.157. The Hall–Kier alpha value is -5.94. The number of nitrogens with zero attached hydrogens (tertiary/aromatic N) is 2. The summed E-state index contributed by atoms with van der Waals surface area (Å²) in [6, 6.07) is 36.8. The fourth-order valence-electron chi connectivity index (χ4n) is 10.6. The van der Waals surface area contributed by atoms with Gasteiger partial charge in [-0.2, -0.15) is 0 Å². The average molecular weight is 781 g/mol.